The third-order valence-electron chi connectivity index (χ3n) is 6.88. The highest BCUT2D eigenvalue weighted by atomic mass is 16.6. The molecule has 3 unspecified atom stereocenters. The summed E-state index contributed by atoms with van der Waals surface area (Å²) in [7, 11) is 0. The van der Waals surface area contributed by atoms with Crippen LogP contribution < -0.4 is 16.4 Å². The third kappa shape index (κ3) is 11.1. The zero-order valence-electron chi connectivity index (χ0n) is 26.4. The standard InChI is InChI=1S/C34H46N4O5/c1-9-25-16-18-26(19-17-25)30(31(40)36-27-13-11-10-12-23(27)4)38(24(5)15-14-22(2)3)32(41)28(20-21-29(35)39)37-33(42)43-34(6,7)8/h1,10-13,16-19,22,24,28,30H,14-15,20-21H2,2-8H3,(H2,35,39)(H,36,40)(H,37,42). The first-order valence-corrected chi connectivity index (χ1v) is 14.7. The Labute approximate surface area is 255 Å². The zero-order valence-corrected chi connectivity index (χ0v) is 26.4. The van der Waals surface area contributed by atoms with Crippen molar-refractivity contribution in [3.8, 4) is 12.3 Å². The second-order valence-corrected chi connectivity index (χ2v) is 12.2. The number of anilines is 1. The number of hydrogen-bond donors (Lipinski definition) is 3. The molecule has 0 aliphatic carbocycles. The number of alkyl carbamates (subject to hydrolysis) is 1. The fourth-order valence-electron chi connectivity index (χ4n) is 4.60. The maximum atomic E-state index is 14.5. The number of para-hydroxylation sites is 1. The van der Waals surface area contributed by atoms with Gasteiger partial charge in [-0.2, -0.15) is 0 Å². The Morgan fingerprint density at radius 1 is 0.977 bits per heavy atom. The van der Waals surface area contributed by atoms with Crippen molar-refractivity contribution >= 4 is 29.5 Å². The molecular weight excluding hydrogens is 544 g/mol. The first-order chi connectivity index (χ1) is 20.1. The van der Waals surface area contributed by atoms with Gasteiger partial charge in [-0.15, -0.1) is 6.42 Å². The lowest BCUT2D eigenvalue weighted by molar-refractivity contribution is -0.143. The molecule has 0 fully saturated rings. The van der Waals surface area contributed by atoms with Gasteiger partial charge < -0.3 is 26.0 Å². The van der Waals surface area contributed by atoms with Crippen molar-refractivity contribution in [3.05, 3.63) is 65.2 Å². The van der Waals surface area contributed by atoms with Crippen LogP contribution in [0.2, 0.25) is 0 Å². The van der Waals surface area contributed by atoms with Gasteiger partial charge in [0.1, 0.15) is 17.7 Å². The fraction of sp³-hybridized carbons (Fsp3) is 0.471. The quantitative estimate of drug-likeness (QED) is 0.266. The van der Waals surface area contributed by atoms with Crippen LogP contribution in [0, 0.1) is 25.2 Å². The summed E-state index contributed by atoms with van der Waals surface area (Å²) in [6, 6.07) is 11.6. The van der Waals surface area contributed by atoms with Gasteiger partial charge >= 0.3 is 6.09 Å². The van der Waals surface area contributed by atoms with Gasteiger partial charge in [0.2, 0.25) is 11.8 Å². The number of nitrogens with zero attached hydrogens (tertiary/aromatic N) is 1. The molecule has 3 atom stereocenters. The van der Waals surface area contributed by atoms with Crippen molar-refractivity contribution in [1.29, 1.82) is 0 Å². The van der Waals surface area contributed by atoms with E-state index in [1.165, 1.54) is 4.90 Å². The fourth-order valence-corrected chi connectivity index (χ4v) is 4.60. The molecule has 0 spiro atoms. The summed E-state index contributed by atoms with van der Waals surface area (Å²) < 4.78 is 5.42. The van der Waals surface area contributed by atoms with E-state index >= 15 is 0 Å². The number of benzene rings is 2. The molecule has 9 nitrogen and oxygen atoms in total. The second-order valence-electron chi connectivity index (χ2n) is 12.2. The molecule has 0 saturated carbocycles. The summed E-state index contributed by atoms with van der Waals surface area (Å²) in [6.07, 6.45) is 5.93. The summed E-state index contributed by atoms with van der Waals surface area (Å²) in [5.41, 5.74) is 7.24. The number of amides is 4. The normalized spacial score (nSPS) is 13.3. The number of nitrogens with one attached hydrogen (secondary N) is 2. The average Bonchev–Trinajstić information content (AvgIpc) is 2.92. The maximum absolute atomic E-state index is 14.5. The Morgan fingerprint density at radius 2 is 1.60 bits per heavy atom. The maximum Gasteiger partial charge on any atom is 0.408 e. The number of carbonyl (C=O) groups is 4. The number of carbonyl (C=O) groups excluding carboxylic acids is 4. The lowest BCUT2D eigenvalue weighted by Crippen LogP contribution is -2.55. The number of rotatable bonds is 13. The highest BCUT2D eigenvalue weighted by molar-refractivity contribution is 5.99. The summed E-state index contributed by atoms with van der Waals surface area (Å²) in [5.74, 6) is 1.33. The van der Waals surface area contributed by atoms with Gasteiger partial charge in [-0.1, -0.05) is 50.1 Å². The van der Waals surface area contributed by atoms with E-state index in [2.05, 4.69) is 30.4 Å². The van der Waals surface area contributed by atoms with Crippen LogP contribution in [0.25, 0.3) is 0 Å². The monoisotopic (exact) mass is 590 g/mol. The molecule has 0 radical (unpaired) electrons. The molecule has 2 aromatic carbocycles. The SMILES string of the molecule is C#Cc1ccc(C(C(=O)Nc2ccccc2C)N(C(=O)C(CCC(N)=O)NC(=O)OC(C)(C)C)C(C)CCC(C)C)cc1. The van der Waals surface area contributed by atoms with Crippen molar-refractivity contribution in [1.82, 2.24) is 10.2 Å². The van der Waals surface area contributed by atoms with Crippen molar-refractivity contribution in [2.45, 2.75) is 97.9 Å². The van der Waals surface area contributed by atoms with E-state index in [1.54, 1.807) is 51.1 Å². The first-order valence-electron chi connectivity index (χ1n) is 14.7. The van der Waals surface area contributed by atoms with Gasteiger partial charge in [0.05, 0.1) is 0 Å². The van der Waals surface area contributed by atoms with Crippen molar-refractivity contribution in [3.63, 3.8) is 0 Å². The van der Waals surface area contributed by atoms with Gasteiger partial charge in [0, 0.05) is 23.7 Å². The van der Waals surface area contributed by atoms with E-state index in [4.69, 9.17) is 16.9 Å². The number of aryl methyl sites for hydroxylation is 1. The van der Waals surface area contributed by atoms with Crippen LogP contribution in [0.5, 0.6) is 0 Å². The lowest BCUT2D eigenvalue weighted by atomic mass is 9.95. The molecule has 232 valence electrons. The van der Waals surface area contributed by atoms with Crippen LogP contribution in [0.3, 0.4) is 0 Å². The van der Waals surface area contributed by atoms with Gasteiger partial charge in [-0.3, -0.25) is 14.4 Å². The third-order valence-corrected chi connectivity index (χ3v) is 6.88. The molecule has 0 saturated heterocycles. The molecule has 0 aliphatic heterocycles. The highest BCUT2D eigenvalue weighted by Crippen LogP contribution is 2.30. The van der Waals surface area contributed by atoms with Crippen molar-refractivity contribution in [2.75, 3.05) is 5.32 Å². The predicted molar refractivity (Wildman–Crippen MR) is 169 cm³/mol. The van der Waals surface area contributed by atoms with Gasteiger partial charge in [-0.05, 0) is 89.1 Å². The van der Waals surface area contributed by atoms with E-state index in [0.29, 0.717) is 29.2 Å². The summed E-state index contributed by atoms with van der Waals surface area (Å²) in [5, 5.41) is 5.63. The van der Waals surface area contributed by atoms with E-state index in [1.807, 2.05) is 32.0 Å². The first kappa shape index (κ1) is 34.9. The molecule has 43 heavy (non-hydrogen) atoms. The molecule has 0 heterocycles. The molecular formula is C34H46N4O5. The number of primary amides is 1. The molecule has 9 heteroatoms. The van der Waals surface area contributed by atoms with Gasteiger partial charge in [-0.25, -0.2) is 4.79 Å². The summed E-state index contributed by atoms with van der Waals surface area (Å²) in [4.78, 5) is 54.8. The Morgan fingerprint density at radius 3 is 2.14 bits per heavy atom. The largest absolute Gasteiger partial charge is 0.444 e. The minimum absolute atomic E-state index is 0.0665. The highest BCUT2D eigenvalue weighted by Gasteiger charge is 2.39. The molecule has 0 aliphatic rings. The van der Waals surface area contributed by atoms with E-state index < -0.39 is 47.5 Å². The predicted octanol–water partition coefficient (Wildman–Crippen LogP) is 5.47. The van der Waals surface area contributed by atoms with Gasteiger partial charge in [0.25, 0.3) is 5.91 Å². The van der Waals surface area contributed by atoms with E-state index in [9.17, 15) is 19.2 Å². The molecule has 4 amide bonds. The molecule has 2 aromatic rings. The van der Waals surface area contributed by atoms with Crippen molar-refractivity contribution < 1.29 is 23.9 Å². The minimum atomic E-state index is -1.18. The molecule has 0 aromatic heterocycles. The van der Waals surface area contributed by atoms with Crippen LogP contribution >= 0.6 is 0 Å². The number of nitrogens with two attached hydrogens (primary N) is 1. The second kappa shape index (κ2) is 15.8. The topological polar surface area (TPSA) is 131 Å². The number of terminal acetylenes is 1. The van der Waals surface area contributed by atoms with Gasteiger partial charge in [0.15, 0.2) is 0 Å². The van der Waals surface area contributed by atoms with Crippen LogP contribution in [-0.2, 0) is 19.1 Å². The molecule has 2 rings (SSSR count). The van der Waals surface area contributed by atoms with Crippen LogP contribution in [0.4, 0.5) is 10.5 Å². The van der Waals surface area contributed by atoms with E-state index in [-0.39, 0.29) is 12.8 Å². The van der Waals surface area contributed by atoms with Crippen LogP contribution in [0.15, 0.2) is 48.5 Å². The minimum Gasteiger partial charge on any atom is -0.444 e. The molecule has 0 bridgehead atoms. The average molecular weight is 591 g/mol. The van der Waals surface area contributed by atoms with Crippen LogP contribution in [0.1, 0.15) is 90.0 Å². The Balaban J connectivity index is 2.67. The number of ether oxygens (including phenoxy) is 1. The smallest absolute Gasteiger partial charge is 0.408 e. The Hall–Kier alpha value is -4.32. The zero-order chi connectivity index (χ0) is 32.3. The summed E-state index contributed by atoms with van der Waals surface area (Å²) >= 11 is 0. The van der Waals surface area contributed by atoms with Crippen molar-refractivity contribution in [2.24, 2.45) is 11.7 Å². The van der Waals surface area contributed by atoms with Crippen LogP contribution in [-0.4, -0.2) is 46.4 Å². The Bertz CT molecular complexity index is 1310. The van der Waals surface area contributed by atoms with E-state index in [0.717, 1.165) is 12.0 Å². The Kier molecular flexibility index (Phi) is 12.8. The number of hydrogen-bond acceptors (Lipinski definition) is 5. The molecule has 4 N–H and O–H groups in total. The summed E-state index contributed by atoms with van der Waals surface area (Å²) in [6.45, 7) is 13.0. The lowest BCUT2D eigenvalue weighted by Gasteiger charge is -2.39.